The molecule has 0 unspecified atom stereocenters. The molecule has 0 aliphatic carbocycles. The topological polar surface area (TPSA) is 26.3 Å². The molecule has 4 heteroatoms. The van der Waals surface area contributed by atoms with Crippen LogP contribution in [0.3, 0.4) is 0 Å². The molecule has 0 aliphatic heterocycles. The smallest absolute Gasteiger partial charge is 0.140 e. The summed E-state index contributed by atoms with van der Waals surface area (Å²) in [6.07, 6.45) is 0.960. The van der Waals surface area contributed by atoms with Crippen molar-refractivity contribution >= 4 is 33.0 Å². The third-order valence-electron chi connectivity index (χ3n) is 2.17. The molecule has 0 radical (unpaired) electrons. The van der Waals surface area contributed by atoms with E-state index in [2.05, 4.69) is 15.9 Å². The van der Waals surface area contributed by atoms with E-state index >= 15 is 0 Å². The number of thiophene rings is 1. The van der Waals surface area contributed by atoms with Crippen molar-refractivity contribution in [2.24, 2.45) is 0 Å². The van der Waals surface area contributed by atoms with Crippen LogP contribution in [0.15, 0.2) is 15.9 Å². The molecule has 1 aromatic heterocycles. The second-order valence-corrected chi connectivity index (χ2v) is 6.00. The molecule has 0 saturated heterocycles. The van der Waals surface area contributed by atoms with E-state index < -0.39 is 0 Å². The first kappa shape index (κ1) is 12.9. The molecule has 0 atom stereocenters. The van der Waals surface area contributed by atoms with Crippen molar-refractivity contribution in [1.82, 2.24) is 0 Å². The molecule has 1 rings (SSSR count). The summed E-state index contributed by atoms with van der Waals surface area (Å²) in [5, 5.41) is 1.99. The Hall–Kier alpha value is -0.190. The molecule has 2 nitrogen and oxygen atoms in total. The van der Waals surface area contributed by atoms with Crippen molar-refractivity contribution < 1.29 is 9.53 Å². The molecule has 0 spiro atoms. The van der Waals surface area contributed by atoms with Gasteiger partial charge in [0.2, 0.25) is 0 Å². The van der Waals surface area contributed by atoms with Gasteiger partial charge in [0, 0.05) is 34.7 Å². The first-order valence-corrected chi connectivity index (χ1v) is 6.40. The molecule has 0 fully saturated rings. The minimum atomic E-state index is -0.356. The van der Waals surface area contributed by atoms with Crippen LogP contribution < -0.4 is 0 Å². The van der Waals surface area contributed by atoms with Crippen LogP contribution in [0.25, 0.3) is 0 Å². The Balaban J connectivity index is 2.50. The lowest BCUT2D eigenvalue weighted by Gasteiger charge is -2.21. The van der Waals surface area contributed by atoms with E-state index in [0.29, 0.717) is 12.8 Å². The highest BCUT2D eigenvalue weighted by Crippen LogP contribution is 2.22. The summed E-state index contributed by atoms with van der Waals surface area (Å²) < 4.78 is 6.27. The van der Waals surface area contributed by atoms with Crippen LogP contribution in [0, 0.1) is 0 Å². The number of hydrogen-bond donors (Lipinski definition) is 0. The van der Waals surface area contributed by atoms with E-state index in [0.717, 1.165) is 9.35 Å². The van der Waals surface area contributed by atoms with Crippen molar-refractivity contribution in [2.45, 2.75) is 32.3 Å². The van der Waals surface area contributed by atoms with Crippen LogP contribution in [-0.2, 0) is 16.0 Å². The Morgan fingerprint density at radius 2 is 2.27 bits per heavy atom. The Labute approximate surface area is 103 Å². The fourth-order valence-corrected chi connectivity index (χ4v) is 2.73. The number of carbonyl (C=O) groups is 1. The summed E-state index contributed by atoms with van der Waals surface area (Å²) in [6, 6.07) is 1.99. The number of ketones is 1. The minimum absolute atomic E-state index is 0.219. The lowest BCUT2D eigenvalue weighted by molar-refractivity contribution is -0.123. The summed E-state index contributed by atoms with van der Waals surface area (Å²) in [7, 11) is 1.63. The zero-order valence-corrected chi connectivity index (χ0v) is 11.6. The highest BCUT2D eigenvalue weighted by Gasteiger charge is 2.21. The summed E-state index contributed by atoms with van der Waals surface area (Å²) >= 11 is 4.97. The Bertz CT molecular complexity index is 344. The monoisotopic (exact) mass is 290 g/mol. The molecule has 84 valence electrons. The normalized spacial score (nSPS) is 11.7. The van der Waals surface area contributed by atoms with Crippen LogP contribution in [0.5, 0.6) is 0 Å². The number of Topliss-reactive ketones (excluding diaryl/α,β-unsaturated/α-hetero) is 1. The highest BCUT2D eigenvalue weighted by atomic mass is 79.9. The average molecular weight is 291 g/mol. The number of hydrogen-bond acceptors (Lipinski definition) is 3. The number of carbonyl (C=O) groups excluding carboxylic acids is 1. The summed E-state index contributed by atoms with van der Waals surface area (Å²) in [4.78, 5) is 12.8. The minimum Gasteiger partial charge on any atom is -0.378 e. The summed E-state index contributed by atoms with van der Waals surface area (Å²) in [5.41, 5.74) is -0.356. The van der Waals surface area contributed by atoms with Crippen LogP contribution in [0.2, 0.25) is 0 Å². The molecular weight excluding hydrogens is 276 g/mol. The van der Waals surface area contributed by atoms with Gasteiger partial charge < -0.3 is 4.74 Å². The fraction of sp³-hybridized carbons (Fsp3) is 0.545. The lowest BCUT2D eigenvalue weighted by Crippen LogP contribution is -2.26. The fourth-order valence-electron chi connectivity index (χ4n) is 1.25. The van der Waals surface area contributed by atoms with Gasteiger partial charge in [-0.3, -0.25) is 4.79 Å². The van der Waals surface area contributed by atoms with E-state index in [4.69, 9.17) is 4.74 Å². The number of rotatable bonds is 5. The highest BCUT2D eigenvalue weighted by molar-refractivity contribution is 9.10. The SMILES string of the molecule is COC(C)(C)CC(=O)Cc1cc(Br)cs1. The zero-order chi connectivity index (χ0) is 11.5. The van der Waals surface area contributed by atoms with Crippen molar-refractivity contribution in [3.05, 3.63) is 20.8 Å². The molecular formula is C11H15BrO2S. The standard InChI is InChI=1S/C11H15BrO2S/c1-11(2,14-3)6-9(13)5-10-4-8(12)7-15-10/h4,7H,5-6H2,1-3H3. The van der Waals surface area contributed by atoms with E-state index in [9.17, 15) is 4.79 Å². The number of halogens is 1. The maximum absolute atomic E-state index is 11.7. The first-order valence-electron chi connectivity index (χ1n) is 4.73. The molecule has 0 aromatic carbocycles. The van der Waals surface area contributed by atoms with Gasteiger partial charge in [0.1, 0.15) is 5.78 Å². The van der Waals surface area contributed by atoms with Crippen LogP contribution in [-0.4, -0.2) is 18.5 Å². The molecule has 0 bridgehead atoms. The molecule has 0 aliphatic rings. The van der Waals surface area contributed by atoms with E-state index in [1.807, 2.05) is 25.3 Å². The molecule has 1 aromatic rings. The third kappa shape index (κ3) is 4.45. The number of ether oxygens (including phenoxy) is 1. The third-order valence-corrected chi connectivity index (χ3v) is 3.87. The second-order valence-electron chi connectivity index (χ2n) is 4.09. The molecule has 15 heavy (non-hydrogen) atoms. The lowest BCUT2D eigenvalue weighted by atomic mass is 10.00. The van der Waals surface area contributed by atoms with Crippen LogP contribution >= 0.6 is 27.3 Å². The van der Waals surface area contributed by atoms with Gasteiger partial charge in [-0.25, -0.2) is 0 Å². The quantitative estimate of drug-likeness (QED) is 0.830. The van der Waals surface area contributed by atoms with Gasteiger partial charge in [0.25, 0.3) is 0 Å². The first-order chi connectivity index (χ1) is 6.93. The Morgan fingerprint density at radius 1 is 1.60 bits per heavy atom. The Morgan fingerprint density at radius 3 is 2.73 bits per heavy atom. The van der Waals surface area contributed by atoms with Gasteiger partial charge in [-0.15, -0.1) is 11.3 Å². The largest absolute Gasteiger partial charge is 0.378 e. The van der Waals surface area contributed by atoms with Gasteiger partial charge in [-0.2, -0.15) is 0 Å². The van der Waals surface area contributed by atoms with Crippen molar-refractivity contribution in [1.29, 1.82) is 0 Å². The van der Waals surface area contributed by atoms with Crippen molar-refractivity contribution in [3.8, 4) is 0 Å². The zero-order valence-electron chi connectivity index (χ0n) is 9.17. The maximum atomic E-state index is 11.7. The van der Waals surface area contributed by atoms with E-state index in [1.165, 1.54) is 0 Å². The van der Waals surface area contributed by atoms with E-state index in [1.54, 1.807) is 18.4 Å². The molecule has 0 N–H and O–H groups in total. The summed E-state index contributed by atoms with van der Waals surface area (Å²) in [6.45, 7) is 3.85. The van der Waals surface area contributed by atoms with Crippen molar-refractivity contribution in [3.63, 3.8) is 0 Å². The Kier molecular flexibility index (Phi) is 4.49. The molecule has 0 saturated carbocycles. The van der Waals surface area contributed by atoms with Gasteiger partial charge in [-0.1, -0.05) is 0 Å². The number of methoxy groups -OCH3 is 1. The van der Waals surface area contributed by atoms with Gasteiger partial charge in [-0.05, 0) is 35.8 Å². The maximum Gasteiger partial charge on any atom is 0.140 e. The molecule has 1 heterocycles. The van der Waals surface area contributed by atoms with Gasteiger partial charge in [0.15, 0.2) is 0 Å². The van der Waals surface area contributed by atoms with E-state index in [-0.39, 0.29) is 11.4 Å². The second kappa shape index (κ2) is 5.23. The van der Waals surface area contributed by atoms with Crippen LogP contribution in [0.1, 0.15) is 25.1 Å². The predicted octanol–water partition coefficient (Wildman–Crippen LogP) is 3.44. The van der Waals surface area contributed by atoms with Crippen molar-refractivity contribution in [2.75, 3.05) is 7.11 Å². The van der Waals surface area contributed by atoms with Gasteiger partial charge >= 0.3 is 0 Å². The average Bonchev–Trinajstić information content (AvgIpc) is 2.50. The van der Waals surface area contributed by atoms with Crippen LogP contribution in [0.4, 0.5) is 0 Å². The van der Waals surface area contributed by atoms with Gasteiger partial charge in [0.05, 0.1) is 5.60 Å². The molecule has 0 amide bonds. The summed E-state index contributed by atoms with van der Waals surface area (Å²) in [5.74, 6) is 0.219. The predicted molar refractivity (Wildman–Crippen MR) is 66.4 cm³/mol.